The molecule has 1 aliphatic rings. The average Bonchev–Trinajstić information content (AvgIpc) is 2.93. The van der Waals surface area contributed by atoms with Crippen molar-refractivity contribution in [2.24, 2.45) is 5.73 Å². The largest absolute Gasteiger partial charge is 0.323 e. The van der Waals surface area contributed by atoms with Crippen molar-refractivity contribution >= 4 is 33.8 Å². The summed E-state index contributed by atoms with van der Waals surface area (Å²) in [6.45, 7) is 0. The lowest BCUT2D eigenvalue weighted by molar-refractivity contribution is 0.564. The highest BCUT2D eigenvalue weighted by atomic mass is 35.5. The Bertz CT molecular complexity index is 828. The van der Waals surface area contributed by atoms with Crippen LogP contribution in [0.25, 0.3) is 21.5 Å². The molecule has 0 bridgehead atoms. The summed E-state index contributed by atoms with van der Waals surface area (Å²) in [7, 11) is 0. The molecular formula is C16H14ClN3S. The monoisotopic (exact) mass is 315 g/mol. The summed E-state index contributed by atoms with van der Waals surface area (Å²) in [6.07, 6.45) is 5.05. The van der Waals surface area contributed by atoms with Gasteiger partial charge in [0.15, 0.2) is 0 Å². The lowest BCUT2D eigenvalue weighted by Gasteiger charge is -2.15. The number of aromatic nitrogens is 2. The first kappa shape index (κ1) is 13.2. The van der Waals surface area contributed by atoms with Crippen LogP contribution >= 0.6 is 22.9 Å². The van der Waals surface area contributed by atoms with Crippen molar-refractivity contribution in [1.29, 1.82) is 0 Å². The van der Waals surface area contributed by atoms with Gasteiger partial charge in [0.25, 0.3) is 0 Å². The number of benzene rings is 1. The first-order valence-electron chi connectivity index (χ1n) is 7.03. The molecule has 1 atom stereocenters. The molecule has 2 aromatic heterocycles. The van der Waals surface area contributed by atoms with Crippen LogP contribution in [0.15, 0.2) is 30.5 Å². The summed E-state index contributed by atoms with van der Waals surface area (Å²) < 4.78 is 0. The van der Waals surface area contributed by atoms with Gasteiger partial charge in [0, 0.05) is 28.1 Å². The third-order valence-corrected chi connectivity index (χ3v) is 5.44. The highest BCUT2D eigenvalue weighted by Crippen LogP contribution is 2.39. The number of hydrogen-bond acceptors (Lipinski definition) is 4. The molecule has 1 aromatic carbocycles. The van der Waals surface area contributed by atoms with Gasteiger partial charge >= 0.3 is 0 Å². The van der Waals surface area contributed by atoms with Crippen LogP contribution in [-0.4, -0.2) is 9.97 Å². The van der Waals surface area contributed by atoms with E-state index < -0.39 is 0 Å². The molecule has 0 saturated carbocycles. The van der Waals surface area contributed by atoms with Gasteiger partial charge in [-0.05, 0) is 43.5 Å². The van der Waals surface area contributed by atoms with Gasteiger partial charge in [-0.2, -0.15) is 0 Å². The van der Waals surface area contributed by atoms with Crippen LogP contribution in [0.4, 0.5) is 0 Å². The molecule has 21 heavy (non-hydrogen) atoms. The topological polar surface area (TPSA) is 51.8 Å². The number of pyridine rings is 1. The summed E-state index contributed by atoms with van der Waals surface area (Å²) in [5.74, 6) is 0. The first-order chi connectivity index (χ1) is 10.2. The summed E-state index contributed by atoms with van der Waals surface area (Å²) in [4.78, 5) is 10.6. The molecule has 2 heterocycles. The molecule has 4 rings (SSSR count). The molecule has 1 unspecified atom stereocenters. The predicted octanol–water partition coefficient (Wildman–Crippen LogP) is 4.35. The number of nitrogens with zero attached hydrogens (tertiary/aromatic N) is 2. The number of thiazole rings is 1. The van der Waals surface area contributed by atoms with Crippen molar-refractivity contribution in [1.82, 2.24) is 9.97 Å². The Balaban J connectivity index is 1.93. The van der Waals surface area contributed by atoms with E-state index in [1.165, 1.54) is 4.88 Å². The highest BCUT2D eigenvalue weighted by molar-refractivity contribution is 7.15. The summed E-state index contributed by atoms with van der Waals surface area (Å²) in [6, 6.07) is 7.90. The molecule has 0 spiro atoms. The second-order valence-corrected chi connectivity index (χ2v) is 6.81. The van der Waals surface area contributed by atoms with E-state index >= 15 is 0 Å². The summed E-state index contributed by atoms with van der Waals surface area (Å²) >= 11 is 8.00. The Hall–Kier alpha value is -1.49. The molecule has 5 heteroatoms. The molecule has 0 amide bonds. The van der Waals surface area contributed by atoms with E-state index in [9.17, 15) is 0 Å². The summed E-state index contributed by atoms with van der Waals surface area (Å²) in [5.41, 5.74) is 9.20. The van der Waals surface area contributed by atoms with Crippen molar-refractivity contribution in [3.63, 3.8) is 0 Å². The van der Waals surface area contributed by atoms with Crippen LogP contribution in [0.1, 0.15) is 29.5 Å². The number of rotatable bonds is 1. The maximum atomic E-state index is 6.26. The van der Waals surface area contributed by atoms with Gasteiger partial charge in [-0.1, -0.05) is 11.6 Å². The van der Waals surface area contributed by atoms with Gasteiger partial charge in [0.1, 0.15) is 5.01 Å². The molecule has 0 aliphatic heterocycles. The quantitative estimate of drug-likeness (QED) is 0.726. The van der Waals surface area contributed by atoms with Gasteiger partial charge in [-0.15, -0.1) is 11.3 Å². The van der Waals surface area contributed by atoms with Gasteiger partial charge in [-0.25, -0.2) is 4.98 Å². The highest BCUT2D eigenvalue weighted by Gasteiger charge is 2.23. The molecule has 3 aromatic rings. The molecule has 0 saturated heterocycles. The van der Waals surface area contributed by atoms with E-state index in [1.54, 1.807) is 17.5 Å². The van der Waals surface area contributed by atoms with E-state index in [-0.39, 0.29) is 6.04 Å². The van der Waals surface area contributed by atoms with Gasteiger partial charge < -0.3 is 5.73 Å². The zero-order valence-corrected chi connectivity index (χ0v) is 12.9. The van der Waals surface area contributed by atoms with Crippen LogP contribution in [0.3, 0.4) is 0 Å². The van der Waals surface area contributed by atoms with Crippen LogP contribution < -0.4 is 5.73 Å². The number of nitrogens with two attached hydrogens (primary N) is 1. The van der Waals surface area contributed by atoms with Crippen molar-refractivity contribution in [3.05, 3.63) is 46.1 Å². The number of halogens is 1. The first-order valence-corrected chi connectivity index (χ1v) is 8.22. The van der Waals surface area contributed by atoms with E-state index in [0.717, 1.165) is 51.5 Å². The molecular weight excluding hydrogens is 302 g/mol. The normalized spacial score (nSPS) is 17.9. The fourth-order valence-corrected chi connectivity index (χ4v) is 4.29. The lowest BCUT2D eigenvalue weighted by Crippen LogP contribution is -2.16. The molecule has 0 radical (unpaired) electrons. The van der Waals surface area contributed by atoms with E-state index in [2.05, 4.69) is 4.98 Å². The molecule has 0 fully saturated rings. The molecule has 2 N–H and O–H groups in total. The Morgan fingerprint density at radius 3 is 3.05 bits per heavy atom. The van der Waals surface area contributed by atoms with Crippen LogP contribution in [0.2, 0.25) is 5.02 Å². The molecule has 106 valence electrons. The van der Waals surface area contributed by atoms with Crippen molar-refractivity contribution < 1.29 is 0 Å². The van der Waals surface area contributed by atoms with Crippen molar-refractivity contribution in [2.75, 3.05) is 0 Å². The van der Waals surface area contributed by atoms with Gasteiger partial charge in [0.05, 0.1) is 16.2 Å². The zero-order chi connectivity index (χ0) is 14.4. The molecule has 1 aliphatic carbocycles. The lowest BCUT2D eigenvalue weighted by atomic mass is 9.99. The average molecular weight is 316 g/mol. The Kier molecular flexibility index (Phi) is 3.17. The predicted molar refractivity (Wildman–Crippen MR) is 87.7 cm³/mol. The minimum absolute atomic E-state index is 0.0743. The van der Waals surface area contributed by atoms with Crippen LogP contribution in [0, 0.1) is 0 Å². The summed E-state index contributed by atoms with van der Waals surface area (Å²) in [5, 5.41) is 2.69. The third-order valence-electron chi connectivity index (χ3n) is 3.94. The van der Waals surface area contributed by atoms with Crippen molar-refractivity contribution in [3.8, 4) is 10.6 Å². The Morgan fingerprint density at radius 2 is 2.19 bits per heavy atom. The Morgan fingerprint density at radius 1 is 1.29 bits per heavy atom. The van der Waals surface area contributed by atoms with E-state index in [0.29, 0.717) is 0 Å². The number of fused-ring (bicyclic) bond motifs is 2. The van der Waals surface area contributed by atoms with Gasteiger partial charge in [0.2, 0.25) is 0 Å². The second-order valence-electron chi connectivity index (χ2n) is 5.32. The fourth-order valence-electron chi connectivity index (χ4n) is 2.88. The number of hydrogen-bond donors (Lipinski definition) is 1. The zero-order valence-electron chi connectivity index (χ0n) is 11.3. The third kappa shape index (κ3) is 2.14. The SMILES string of the molecule is NC1CCCc2sc(-c3ccc(Cl)c4cccnc34)nc21. The smallest absolute Gasteiger partial charge is 0.126 e. The second kappa shape index (κ2) is 5.05. The maximum Gasteiger partial charge on any atom is 0.126 e. The van der Waals surface area contributed by atoms with Crippen LogP contribution in [0.5, 0.6) is 0 Å². The fraction of sp³-hybridized carbons (Fsp3) is 0.250. The van der Waals surface area contributed by atoms with E-state index in [1.807, 2.05) is 24.3 Å². The van der Waals surface area contributed by atoms with Gasteiger partial charge in [-0.3, -0.25) is 4.98 Å². The minimum Gasteiger partial charge on any atom is -0.323 e. The van der Waals surface area contributed by atoms with Crippen molar-refractivity contribution in [2.45, 2.75) is 25.3 Å². The van der Waals surface area contributed by atoms with Crippen LogP contribution in [-0.2, 0) is 6.42 Å². The molecule has 3 nitrogen and oxygen atoms in total. The van der Waals surface area contributed by atoms with E-state index in [4.69, 9.17) is 22.3 Å². The maximum absolute atomic E-state index is 6.26. The Labute approximate surface area is 131 Å². The standard InChI is InChI=1S/C16H14ClN3S/c17-11-7-6-10(14-9(11)3-2-8-19-14)16-20-15-12(18)4-1-5-13(15)21-16/h2-3,6-8,12H,1,4-5,18H2. The number of aryl methyl sites for hydroxylation is 1. The minimum atomic E-state index is 0.0743.